The lowest BCUT2D eigenvalue weighted by atomic mass is 9.87. The van der Waals surface area contributed by atoms with Gasteiger partial charge in [-0.1, -0.05) is 19.8 Å². The van der Waals surface area contributed by atoms with E-state index < -0.39 is 21.7 Å². The number of fused-ring (bicyclic) bond motifs is 1. The Kier molecular flexibility index (Phi) is 5.71. The Morgan fingerprint density at radius 3 is 2.78 bits per heavy atom. The molecule has 0 aliphatic heterocycles. The van der Waals surface area contributed by atoms with Crippen molar-refractivity contribution < 1.29 is 22.4 Å². The van der Waals surface area contributed by atoms with Crippen molar-refractivity contribution in [3.8, 4) is 0 Å². The number of carbonyl (C=O) groups excluding carboxylic acids is 1. The molecule has 148 valence electrons. The second kappa shape index (κ2) is 7.85. The number of esters is 1. The Balaban J connectivity index is 1.88. The lowest BCUT2D eigenvalue weighted by Gasteiger charge is -2.29. The quantitative estimate of drug-likeness (QED) is 0.749. The summed E-state index contributed by atoms with van der Waals surface area (Å²) in [5.41, 5.74) is 0.460. The molecule has 1 aliphatic carbocycles. The maximum atomic E-state index is 12.7. The molecule has 1 aromatic heterocycles. The third-order valence-electron chi connectivity index (χ3n) is 4.96. The Hall–Kier alpha value is -2.13. The molecule has 3 rings (SSSR count). The van der Waals surface area contributed by atoms with Crippen molar-refractivity contribution in [1.29, 1.82) is 0 Å². The Morgan fingerprint density at radius 1 is 1.33 bits per heavy atom. The largest absolute Gasteiger partial charge is 0.465 e. The van der Waals surface area contributed by atoms with Gasteiger partial charge in [0.15, 0.2) is 5.58 Å². The smallest absolute Gasteiger partial charge is 0.420 e. The molecule has 9 heteroatoms. The van der Waals surface area contributed by atoms with Crippen LogP contribution in [0.2, 0.25) is 0 Å². The van der Waals surface area contributed by atoms with E-state index in [1.54, 1.807) is 6.92 Å². The highest BCUT2D eigenvalue weighted by Crippen LogP contribution is 2.26. The SMILES string of the molecule is CCOC(=O)Cn1c(=O)oc2cc(S(=O)(=O)N[C@@H]3CCCC[C@@H]3C)ccc21. The summed E-state index contributed by atoms with van der Waals surface area (Å²) in [6, 6.07) is 4.10. The zero-order valence-electron chi connectivity index (χ0n) is 15.4. The van der Waals surface area contributed by atoms with Crippen LogP contribution in [-0.2, 0) is 26.1 Å². The van der Waals surface area contributed by atoms with Gasteiger partial charge < -0.3 is 9.15 Å². The van der Waals surface area contributed by atoms with Crippen LogP contribution in [0, 0.1) is 5.92 Å². The minimum absolute atomic E-state index is 0.0322. The first-order valence-corrected chi connectivity index (χ1v) is 10.6. The van der Waals surface area contributed by atoms with Crippen molar-refractivity contribution in [2.75, 3.05) is 6.61 Å². The van der Waals surface area contributed by atoms with E-state index in [4.69, 9.17) is 9.15 Å². The predicted octanol–water partition coefficient (Wildman–Crippen LogP) is 2.01. The molecule has 1 fully saturated rings. The number of carbonyl (C=O) groups is 1. The first kappa shape index (κ1) is 19.6. The van der Waals surface area contributed by atoms with Gasteiger partial charge in [-0.2, -0.15) is 0 Å². The van der Waals surface area contributed by atoms with Crippen molar-refractivity contribution in [3.63, 3.8) is 0 Å². The second-order valence-corrected chi connectivity index (χ2v) is 8.59. The summed E-state index contributed by atoms with van der Waals surface area (Å²) >= 11 is 0. The third-order valence-corrected chi connectivity index (χ3v) is 6.45. The summed E-state index contributed by atoms with van der Waals surface area (Å²) in [6.45, 7) is 3.64. The number of benzene rings is 1. The molecule has 0 saturated heterocycles. The van der Waals surface area contributed by atoms with Crippen LogP contribution >= 0.6 is 0 Å². The van der Waals surface area contributed by atoms with Gasteiger partial charge in [0.1, 0.15) is 6.54 Å². The van der Waals surface area contributed by atoms with E-state index in [1.807, 2.05) is 6.92 Å². The Morgan fingerprint density at radius 2 is 2.07 bits per heavy atom. The van der Waals surface area contributed by atoms with Gasteiger partial charge >= 0.3 is 11.7 Å². The van der Waals surface area contributed by atoms with E-state index in [0.717, 1.165) is 30.3 Å². The average Bonchev–Trinajstić information content (AvgIpc) is 2.92. The molecule has 2 atom stereocenters. The highest BCUT2D eigenvalue weighted by Gasteiger charge is 2.27. The lowest BCUT2D eigenvalue weighted by Crippen LogP contribution is -2.40. The molecule has 0 spiro atoms. The average molecular weight is 396 g/mol. The number of oxazole rings is 1. The van der Waals surface area contributed by atoms with Crippen molar-refractivity contribution in [2.24, 2.45) is 5.92 Å². The summed E-state index contributed by atoms with van der Waals surface area (Å²) in [6.07, 6.45) is 3.93. The first-order valence-electron chi connectivity index (χ1n) is 9.13. The fourth-order valence-electron chi connectivity index (χ4n) is 3.46. The molecule has 0 unspecified atom stereocenters. The molecule has 8 nitrogen and oxygen atoms in total. The van der Waals surface area contributed by atoms with Gasteiger partial charge in [-0.05, 0) is 37.8 Å². The maximum Gasteiger partial charge on any atom is 0.420 e. The van der Waals surface area contributed by atoms with Gasteiger partial charge in [-0.25, -0.2) is 17.9 Å². The van der Waals surface area contributed by atoms with Crippen LogP contribution in [0.3, 0.4) is 0 Å². The van der Waals surface area contributed by atoms with Gasteiger partial charge in [0.2, 0.25) is 10.0 Å². The number of aromatic nitrogens is 1. The number of rotatable bonds is 6. The van der Waals surface area contributed by atoms with E-state index >= 15 is 0 Å². The van der Waals surface area contributed by atoms with Crippen molar-refractivity contribution in [2.45, 2.75) is 57.0 Å². The molecule has 1 aromatic carbocycles. The van der Waals surface area contributed by atoms with E-state index in [1.165, 1.54) is 18.2 Å². The van der Waals surface area contributed by atoms with Crippen molar-refractivity contribution in [3.05, 3.63) is 28.7 Å². The number of ether oxygens (including phenoxy) is 1. The van der Waals surface area contributed by atoms with Crippen LogP contribution in [0.25, 0.3) is 11.1 Å². The summed E-state index contributed by atoms with van der Waals surface area (Å²) in [4.78, 5) is 23.7. The van der Waals surface area contributed by atoms with Gasteiger partial charge in [-0.15, -0.1) is 0 Å². The highest BCUT2D eigenvalue weighted by atomic mass is 32.2. The molecule has 2 aromatic rings. The zero-order valence-corrected chi connectivity index (χ0v) is 16.3. The summed E-state index contributed by atoms with van der Waals surface area (Å²) in [7, 11) is -3.73. The maximum absolute atomic E-state index is 12.7. The summed E-state index contributed by atoms with van der Waals surface area (Å²) in [5, 5.41) is 0. The third kappa shape index (κ3) is 4.24. The molecule has 0 amide bonds. The van der Waals surface area contributed by atoms with Crippen LogP contribution in [-0.4, -0.2) is 31.6 Å². The Bertz CT molecular complexity index is 991. The van der Waals surface area contributed by atoms with E-state index in [-0.39, 0.29) is 35.6 Å². The number of nitrogens with one attached hydrogen (secondary N) is 1. The van der Waals surface area contributed by atoms with Gasteiger partial charge in [0, 0.05) is 12.1 Å². The zero-order chi connectivity index (χ0) is 19.6. The van der Waals surface area contributed by atoms with Crippen LogP contribution < -0.4 is 10.5 Å². The summed E-state index contributed by atoms with van der Waals surface area (Å²) < 4.78 is 39.3. The van der Waals surface area contributed by atoms with Gasteiger partial charge in [-0.3, -0.25) is 9.36 Å². The fraction of sp³-hybridized carbons (Fsp3) is 0.556. The van der Waals surface area contributed by atoms with Crippen molar-refractivity contribution >= 4 is 27.1 Å². The topological polar surface area (TPSA) is 108 Å². The van der Waals surface area contributed by atoms with Crippen molar-refractivity contribution in [1.82, 2.24) is 9.29 Å². The standard InChI is InChI=1S/C18H24N2O6S/c1-3-25-17(21)11-20-15-9-8-13(10-16(15)26-18(20)22)27(23,24)19-14-7-5-4-6-12(14)2/h8-10,12,14,19H,3-7,11H2,1-2H3/t12-,14+/m0/s1. The molecular formula is C18H24N2O6S. The fourth-order valence-corrected chi connectivity index (χ4v) is 4.85. The minimum atomic E-state index is -3.73. The highest BCUT2D eigenvalue weighted by molar-refractivity contribution is 7.89. The Labute approximate surface area is 157 Å². The lowest BCUT2D eigenvalue weighted by molar-refractivity contribution is -0.143. The van der Waals surface area contributed by atoms with E-state index in [2.05, 4.69) is 4.72 Å². The number of hydrogen-bond acceptors (Lipinski definition) is 6. The monoisotopic (exact) mass is 396 g/mol. The molecular weight excluding hydrogens is 372 g/mol. The molecule has 1 aliphatic rings. The van der Waals surface area contributed by atoms with Gasteiger partial charge in [0.05, 0.1) is 17.0 Å². The molecule has 0 bridgehead atoms. The van der Waals surface area contributed by atoms with E-state index in [0.29, 0.717) is 5.52 Å². The molecule has 1 heterocycles. The van der Waals surface area contributed by atoms with E-state index in [9.17, 15) is 18.0 Å². The van der Waals surface area contributed by atoms with Crippen LogP contribution in [0.15, 0.2) is 32.3 Å². The number of sulfonamides is 1. The molecule has 0 radical (unpaired) electrons. The normalized spacial score (nSPS) is 20.7. The minimum Gasteiger partial charge on any atom is -0.465 e. The number of nitrogens with zero attached hydrogens (tertiary/aromatic N) is 1. The molecule has 1 saturated carbocycles. The second-order valence-electron chi connectivity index (χ2n) is 6.88. The number of hydrogen-bond donors (Lipinski definition) is 1. The van der Waals surface area contributed by atoms with Crippen LogP contribution in [0.1, 0.15) is 39.5 Å². The van der Waals surface area contributed by atoms with Crippen LogP contribution in [0.4, 0.5) is 0 Å². The molecule has 27 heavy (non-hydrogen) atoms. The summed E-state index contributed by atoms with van der Waals surface area (Å²) in [5.74, 6) is -1.02. The predicted molar refractivity (Wildman–Crippen MR) is 98.8 cm³/mol. The van der Waals surface area contributed by atoms with Crippen LogP contribution in [0.5, 0.6) is 0 Å². The van der Waals surface area contributed by atoms with Gasteiger partial charge in [0.25, 0.3) is 0 Å². The first-order chi connectivity index (χ1) is 12.8. The molecule has 1 N–H and O–H groups in total.